The Morgan fingerprint density at radius 1 is 1.11 bits per heavy atom. The van der Waals surface area contributed by atoms with Crippen molar-refractivity contribution >= 4 is 34.1 Å². The average molecular weight is 416 g/mol. The predicted molar refractivity (Wildman–Crippen MR) is 109 cm³/mol. The van der Waals surface area contributed by atoms with Crippen LogP contribution in [0.3, 0.4) is 0 Å². The summed E-state index contributed by atoms with van der Waals surface area (Å²) in [5, 5.41) is 19.8. The third kappa shape index (κ3) is 5.17. The van der Waals surface area contributed by atoms with E-state index in [-0.39, 0.29) is 5.91 Å². The molecule has 1 aromatic carbocycles. The minimum absolute atomic E-state index is 0.0315. The van der Waals surface area contributed by atoms with E-state index in [1.165, 1.54) is 42.4 Å². The molecule has 7 nitrogen and oxygen atoms in total. The molecule has 0 unspecified atom stereocenters. The van der Waals surface area contributed by atoms with Crippen molar-refractivity contribution in [2.75, 3.05) is 5.32 Å². The molecule has 1 saturated carbocycles. The van der Waals surface area contributed by atoms with Gasteiger partial charge >= 0.3 is 0 Å². The molecule has 0 radical (unpaired) electrons. The van der Waals surface area contributed by atoms with Gasteiger partial charge in [-0.25, -0.2) is 0 Å². The van der Waals surface area contributed by atoms with Crippen LogP contribution in [0.2, 0.25) is 0 Å². The van der Waals surface area contributed by atoms with Crippen LogP contribution >= 0.6 is 23.1 Å². The molecule has 9 heteroatoms. The molecule has 1 aliphatic carbocycles. The highest BCUT2D eigenvalue weighted by atomic mass is 32.2. The maximum atomic E-state index is 12.2. The van der Waals surface area contributed by atoms with Gasteiger partial charge in [0.05, 0.1) is 5.75 Å². The van der Waals surface area contributed by atoms with Gasteiger partial charge in [-0.3, -0.25) is 4.79 Å². The van der Waals surface area contributed by atoms with Crippen LogP contribution in [0, 0.1) is 5.92 Å². The van der Waals surface area contributed by atoms with Crippen LogP contribution in [0.4, 0.5) is 5.13 Å². The van der Waals surface area contributed by atoms with Crippen molar-refractivity contribution in [1.82, 2.24) is 20.4 Å². The second-order valence-corrected chi connectivity index (χ2v) is 8.99. The summed E-state index contributed by atoms with van der Waals surface area (Å²) in [6.45, 7) is 0. The van der Waals surface area contributed by atoms with Crippen molar-refractivity contribution in [2.24, 2.45) is 5.92 Å². The van der Waals surface area contributed by atoms with Gasteiger partial charge in [-0.05, 0) is 30.9 Å². The molecule has 3 aromatic rings. The number of hydrogen-bond acceptors (Lipinski definition) is 8. The number of hydrogen-bond donors (Lipinski definition) is 1. The molecular formula is C19H21N5O2S2. The summed E-state index contributed by atoms with van der Waals surface area (Å²) in [5.41, 5.74) is 0.894. The highest BCUT2D eigenvalue weighted by Gasteiger charge is 2.18. The first kappa shape index (κ1) is 19.1. The smallest absolute Gasteiger partial charge is 0.247 e. The van der Waals surface area contributed by atoms with E-state index in [1.807, 2.05) is 30.3 Å². The Hall–Kier alpha value is -2.26. The number of aromatic nitrogens is 4. The molecule has 0 bridgehead atoms. The second-order valence-electron chi connectivity index (χ2n) is 6.79. The topological polar surface area (TPSA) is 93.8 Å². The van der Waals surface area contributed by atoms with E-state index in [0.717, 1.165) is 22.7 Å². The quantitative estimate of drug-likeness (QED) is 0.438. The first-order chi connectivity index (χ1) is 13.8. The summed E-state index contributed by atoms with van der Waals surface area (Å²) >= 11 is 2.83. The van der Waals surface area contributed by atoms with Gasteiger partial charge in [0.2, 0.25) is 22.8 Å². The molecule has 2 heterocycles. The zero-order valence-electron chi connectivity index (χ0n) is 15.3. The monoisotopic (exact) mass is 415 g/mol. The number of carbonyl (C=O) groups excluding carboxylic acids is 1. The molecule has 28 heavy (non-hydrogen) atoms. The van der Waals surface area contributed by atoms with Crippen molar-refractivity contribution < 1.29 is 9.21 Å². The molecule has 4 rings (SSSR count). The summed E-state index contributed by atoms with van der Waals surface area (Å²) in [5.74, 6) is 2.08. The largest absolute Gasteiger partial charge is 0.420 e. The first-order valence-corrected chi connectivity index (χ1v) is 11.2. The first-order valence-electron chi connectivity index (χ1n) is 9.40. The molecule has 1 fully saturated rings. The molecule has 0 aliphatic heterocycles. The number of thioether (sulfide) groups is 1. The molecule has 146 valence electrons. The van der Waals surface area contributed by atoms with Crippen LogP contribution in [0.5, 0.6) is 0 Å². The number of amides is 1. The fourth-order valence-corrected chi connectivity index (χ4v) is 4.88. The van der Waals surface area contributed by atoms with Crippen LogP contribution in [-0.4, -0.2) is 26.3 Å². The highest BCUT2D eigenvalue weighted by Crippen LogP contribution is 2.30. The lowest BCUT2D eigenvalue weighted by molar-refractivity contribution is -0.117. The zero-order chi connectivity index (χ0) is 19.2. The Balaban J connectivity index is 1.27. The predicted octanol–water partition coefficient (Wildman–Crippen LogP) is 4.79. The fraction of sp³-hybridized carbons (Fsp3) is 0.421. The molecule has 0 spiro atoms. The number of anilines is 1. The van der Waals surface area contributed by atoms with E-state index in [1.54, 1.807) is 0 Å². The summed E-state index contributed by atoms with van der Waals surface area (Å²) in [7, 11) is 0. The van der Waals surface area contributed by atoms with Gasteiger partial charge in [-0.1, -0.05) is 60.6 Å². The van der Waals surface area contributed by atoms with Crippen LogP contribution in [0.25, 0.3) is 11.5 Å². The van der Waals surface area contributed by atoms with Crippen LogP contribution in [-0.2, 0) is 10.5 Å². The Morgan fingerprint density at radius 2 is 1.93 bits per heavy atom. The Kier molecular flexibility index (Phi) is 6.33. The van der Waals surface area contributed by atoms with Gasteiger partial charge in [0, 0.05) is 12.0 Å². The number of carbonyl (C=O) groups is 1. The van der Waals surface area contributed by atoms with E-state index in [4.69, 9.17) is 4.42 Å². The maximum absolute atomic E-state index is 12.2. The van der Waals surface area contributed by atoms with Crippen molar-refractivity contribution in [2.45, 2.75) is 48.6 Å². The molecule has 1 amide bonds. The van der Waals surface area contributed by atoms with Gasteiger partial charge in [0.25, 0.3) is 0 Å². The van der Waals surface area contributed by atoms with E-state index >= 15 is 0 Å². The molecule has 0 atom stereocenters. The van der Waals surface area contributed by atoms with Crippen molar-refractivity contribution in [3.8, 4) is 11.5 Å². The number of benzene rings is 1. The molecular weight excluding hydrogens is 394 g/mol. The van der Waals surface area contributed by atoms with Crippen molar-refractivity contribution in [3.05, 3.63) is 36.2 Å². The number of nitrogens with zero attached hydrogens (tertiary/aromatic N) is 4. The van der Waals surface area contributed by atoms with E-state index in [0.29, 0.717) is 35.0 Å². The molecule has 1 N–H and O–H groups in total. The molecule has 2 aromatic heterocycles. The van der Waals surface area contributed by atoms with Gasteiger partial charge in [0.15, 0.2) is 4.34 Å². The van der Waals surface area contributed by atoms with Gasteiger partial charge in [-0.2, -0.15) is 0 Å². The van der Waals surface area contributed by atoms with E-state index < -0.39 is 0 Å². The standard InChI is InChI=1S/C19H21N5O2S2/c25-15(11-13-7-3-1-4-8-13)20-18-23-24-19(28-18)27-12-16-21-22-17(26-16)14-9-5-2-6-10-14/h2,5-6,9-10,13H,1,3-4,7-8,11-12H2,(H,20,23,25). The lowest BCUT2D eigenvalue weighted by Crippen LogP contribution is -2.18. The van der Waals surface area contributed by atoms with E-state index in [9.17, 15) is 4.79 Å². The summed E-state index contributed by atoms with van der Waals surface area (Å²) < 4.78 is 6.45. The van der Waals surface area contributed by atoms with Gasteiger partial charge in [0.1, 0.15) is 0 Å². The van der Waals surface area contributed by atoms with E-state index in [2.05, 4.69) is 25.7 Å². The Bertz CT molecular complexity index is 906. The summed E-state index contributed by atoms with van der Waals surface area (Å²) in [6.07, 6.45) is 6.65. The number of nitrogens with one attached hydrogen (secondary N) is 1. The normalized spacial score (nSPS) is 14.9. The van der Waals surface area contributed by atoms with Crippen molar-refractivity contribution in [1.29, 1.82) is 0 Å². The maximum Gasteiger partial charge on any atom is 0.247 e. The average Bonchev–Trinajstić information content (AvgIpc) is 3.37. The van der Waals surface area contributed by atoms with Crippen LogP contribution in [0.15, 0.2) is 39.1 Å². The number of rotatable bonds is 7. The molecule has 1 aliphatic rings. The lowest BCUT2D eigenvalue weighted by Gasteiger charge is -2.20. The van der Waals surface area contributed by atoms with Crippen LogP contribution in [0.1, 0.15) is 44.4 Å². The summed E-state index contributed by atoms with van der Waals surface area (Å²) in [6, 6.07) is 9.66. The SMILES string of the molecule is O=C(CC1CCCCC1)Nc1nnc(SCc2nnc(-c3ccccc3)o2)s1. The second kappa shape index (κ2) is 9.29. The third-order valence-electron chi connectivity index (χ3n) is 4.66. The lowest BCUT2D eigenvalue weighted by atomic mass is 9.87. The summed E-state index contributed by atoms with van der Waals surface area (Å²) in [4.78, 5) is 12.2. The zero-order valence-corrected chi connectivity index (χ0v) is 17.0. The minimum Gasteiger partial charge on any atom is -0.420 e. The van der Waals surface area contributed by atoms with Gasteiger partial charge < -0.3 is 9.73 Å². The fourth-order valence-electron chi connectivity index (χ4n) is 3.28. The van der Waals surface area contributed by atoms with Crippen molar-refractivity contribution in [3.63, 3.8) is 0 Å². The van der Waals surface area contributed by atoms with Crippen LogP contribution < -0.4 is 5.32 Å². The minimum atomic E-state index is 0.0315. The third-order valence-corrected chi connectivity index (χ3v) is 6.62. The highest BCUT2D eigenvalue weighted by molar-refractivity contribution is 8.00. The van der Waals surface area contributed by atoms with Gasteiger partial charge in [-0.15, -0.1) is 20.4 Å². The Morgan fingerprint density at radius 3 is 2.75 bits per heavy atom. The Labute approximate surface area is 171 Å². The molecule has 0 saturated heterocycles.